The average molecular weight is 259 g/mol. The lowest BCUT2D eigenvalue weighted by atomic mass is 10.1. The summed E-state index contributed by atoms with van der Waals surface area (Å²) in [7, 11) is 0. The number of carbonyl (C=O) groups is 1. The fourth-order valence-corrected chi connectivity index (χ4v) is 1.94. The molecule has 0 fully saturated rings. The molecule has 0 atom stereocenters. The van der Waals surface area contributed by atoms with E-state index in [2.05, 4.69) is 5.32 Å². The van der Waals surface area contributed by atoms with Crippen molar-refractivity contribution in [3.05, 3.63) is 53.0 Å². The van der Waals surface area contributed by atoms with Gasteiger partial charge >= 0.3 is 0 Å². The third-order valence-electron chi connectivity index (χ3n) is 2.90. The van der Waals surface area contributed by atoms with E-state index in [0.29, 0.717) is 17.7 Å². The third-order valence-corrected chi connectivity index (χ3v) is 2.90. The van der Waals surface area contributed by atoms with Crippen molar-refractivity contribution in [1.29, 1.82) is 0 Å². The Morgan fingerprint density at radius 2 is 1.95 bits per heavy atom. The molecule has 2 N–H and O–H groups in total. The van der Waals surface area contributed by atoms with Crippen LogP contribution in [0.2, 0.25) is 0 Å². The summed E-state index contributed by atoms with van der Waals surface area (Å²) in [4.78, 5) is 12.0. The highest BCUT2D eigenvalue weighted by Crippen LogP contribution is 2.16. The maximum atomic E-state index is 12.0. The number of aryl methyl sites for hydroxylation is 2. The number of furan rings is 1. The smallest absolute Gasteiger partial charge is 0.259 e. The van der Waals surface area contributed by atoms with Gasteiger partial charge in [0.2, 0.25) is 0 Å². The van der Waals surface area contributed by atoms with Crippen LogP contribution in [0, 0.1) is 13.8 Å². The topological polar surface area (TPSA) is 62.5 Å². The van der Waals surface area contributed by atoms with Gasteiger partial charge in [-0.2, -0.15) is 0 Å². The number of carbonyl (C=O) groups excluding carboxylic acids is 1. The molecule has 1 aromatic carbocycles. The Morgan fingerprint density at radius 3 is 2.47 bits per heavy atom. The summed E-state index contributed by atoms with van der Waals surface area (Å²) in [5, 5.41) is 11.7. The van der Waals surface area contributed by atoms with Crippen molar-refractivity contribution < 1.29 is 14.3 Å². The fraction of sp³-hybridized carbons (Fsp3) is 0.267. The number of nitrogens with one attached hydrogen (secondary N) is 1. The second-order valence-electron chi connectivity index (χ2n) is 4.45. The summed E-state index contributed by atoms with van der Waals surface area (Å²) in [5.41, 5.74) is 2.32. The molecule has 2 aromatic rings. The van der Waals surface area contributed by atoms with Gasteiger partial charge in [0, 0.05) is 12.3 Å². The first kappa shape index (κ1) is 13.4. The minimum atomic E-state index is -0.177. The lowest BCUT2D eigenvalue weighted by Gasteiger charge is -2.05. The molecule has 0 aliphatic heterocycles. The fourth-order valence-electron chi connectivity index (χ4n) is 1.94. The first-order valence-corrected chi connectivity index (χ1v) is 6.18. The number of rotatable bonds is 4. The lowest BCUT2D eigenvalue weighted by molar-refractivity contribution is 0.102. The first-order chi connectivity index (χ1) is 9.10. The zero-order chi connectivity index (χ0) is 13.8. The molecule has 19 heavy (non-hydrogen) atoms. The molecule has 0 aliphatic carbocycles. The van der Waals surface area contributed by atoms with Crippen molar-refractivity contribution in [1.82, 2.24) is 0 Å². The van der Waals surface area contributed by atoms with Crippen LogP contribution in [-0.4, -0.2) is 17.6 Å². The first-order valence-electron chi connectivity index (χ1n) is 6.18. The van der Waals surface area contributed by atoms with Crippen LogP contribution in [0.1, 0.15) is 27.4 Å². The second kappa shape index (κ2) is 5.71. The highest BCUT2D eigenvalue weighted by molar-refractivity contribution is 6.05. The maximum absolute atomic E-state index is 12.0. The summed E-state index contributed by atoms with van der Waals surface area (Å²) < 4.78 is 5.34. The molecule has 2 rings (SSSR count). The van der Waals surface area contributed by atoms with Gasteiger partial charge in [0.1, 0.15) is 11.5 Å². The van der Waals surface area contributed by atoms with Gasteiger partial charge in [-0.3, -0.25) is 4.79 Å². The average Bonchev–Trinajstić information content (AvgIpc) is 2.71. The molecular formula is C15H17NO3. The standard InChI is InChI=1S/C15H17NO3/c1-10-9-14(11(2)19-10)15(18)16-13-5-3-12(4-6-13)7-8-17/h3-6,9,17H,7-8H2,1-2H3,(H,16,18). The van der Waals surface area contributed by atoms with Gasteiger partial charge in [0.25, 0.3) is 5.91 Å². The van der Waals surface area contributed by atoms with Crippen LogP contribution in [0.4, 0.5) is 5.69 Å². The van der Waals surface area contributed by atoms with Crippen LogP contribution in [0.3, 0.4) is 0 Å². The molecule has 1 heterocycles. The van der Waals surface area contributed by atoms with Crippen LogP contribution in [-0.2, 0) is 6.42 Å². The van der Waals surface area contributed by atoms with Gasteiger partial charge in [-0.1, -0.05) is 12.1 Å². The van der Waals surface area contributed by atoms with Crippen LogP contribution < -0.4 is 5.32 Å². The molecule has 1 amide bonds. The molecule has 1 aromatic heterocycles. The Bertz CT molecular complexity index is 570. The van der Waals surface area contributed by atoms with Crippen LogP contribution in [0.5, 0.6) is 0 Å². The number of aliphatic hydroxyl groups is 1. The SMILES string of the molecule is Cc1cc(C(=O)Nc2ccc(CCO)cc2)c(C)o1. The largest absolute Gasteiger partial charge is 0.466 e. The van der Waals surface area contributed by atoms with Gasteiger partial charge in [-0.15, -0.1) is 0 Å². The molecule has 0 unspecified atom stereocenters. The molecule has 100 valence electrons. The molecule has 0 radical (unpaired) electrons. The van der Waals surface area contributed by atoms with E-state index in [1.807, 2.05) is 31.2 Å². The zero-order valence-corrected chi connectivity index (χ0v) is 11.1. The summed E-state index contributed by atoms with van der Waals surface area (Å²) >= 11 is 0. The van der Waals surface area contributed by atoms with Crippen molar-refractivity contribution in [3.63, 3.8) is 0 Å². The number of anilines is 1. The molecule has 4 heteroatoms. The zero-order valence-electron chi connectivity index (χ0n) is 11.1. The molecule has 0 aliphatic rings. The van der Waals surface area contributed by atoms with Crippen LogP contribution in [0.25, 0.3) is 0 Å². The van der Waals surface area contributed by atoms with Crippen molar-refractivity contribution in [3.8, 4) is 0 Å². The van der Waals surface area contributed by atoms with Gasteiger partial charge in [-0.25, -0.2) is 0 Å². The monoisotopic (exact) mass is 259 g/mol. The van der Waals surface area contributed by atoms with Gasteiger partial charge in [-0.05, 0) is 44.0 Å². The molecular weight excluding hydrogens is 242 g/mol. The minimum Gasteiger partial charge on any atom is -0.466 e. The highest BCUT2D eigenvalue weighted by Gasteiger charge is 2.13. The van der Waals surface area contributed by atoms with E-state index in [1.165, 1.54) is 0 Å². The van der Waals surface area contributed by atoms with Crippen molar-refractivity contribution in [2.24, 2.45) is 0 Å². The minimum absolute atomic E-state index is 0.124. The maximum Gasteiger partial charge on any atom is 0.259 e. The quantitative estimate of drug-likeness (QED) is 0.887. The predicted molar refractivity (Wildman–Crippen MR) is 73.4 cm³/mol. The number of benzene rings is 1. The van der Waals surface area contributed by atoms with E-state index in [0.717, 1.165) is 17.0 Å². The summed E-state index contributed by atoms with van der Waals surface area (Å²) in [6.45, 7) is 3.71. The number of aliphatic hydroxyl groups excluding tert-OH is 1. The number of hydrogen-bond donors (Lipinski definition) is 2. The summed E-state index contributed by atoms with van der Waals surface area (Å²) in [6, 6.07) is 9.15. The Labute approximate surface area is 112 Å². The highest BCUT2D eigenvalue weighted by atomic mass is 16.3. The summed E-state index contributed by atoms with van der Waals surface area (Å²) in [6.07, 6.45) is 0.619. The Hall–Kier alpha value is -2.07. The molecule has 0 saturated heterocycles. The van der Waals surface area contributed by atoms with Crippen LogP contribution >= 0.6 is 0 Å². The second-order valence-corrected chi connectivity index (χ2v) is 4.45. The normalized spacial score (nSPS) is 10.5. The van der Waals surface area contributed by atoms with E-state index >= 15 is 0 Å². The van der Waals surface area contributed by atoms with Crippen molar-refractivity contribution in [2.75, 3.05) is 11.9 Å². The van der Waals surface area contributed by atoms with E-state index in [-0.39, 0.29) is 12.5 Å². The lowest BCUT2D eigenvalue weighted by Crippen LogP contribution is -2.12. The molecule has 0 saturated carbocycles. The predicted octanol–water partition coefficient (Wildman–Crippen LogP) is 2.68. The van der Waals surface area contributed by atoms with Crippen LogP contribution in [0.15, 0.2) is 34.7 Å². The Kier molecular flexibility index (Phi) is 4.02. The van der Waals surface area contributed by atoms with E-state index in [1.54, 1.807) is 13.0 Å². The van der Waals surface area contributed by atoms with Crippen molar-refractivity contribution in [2.45, 2.75) is 20.3 Å². The third kappa shape index (κ3) is 3.23. The van der Waals surface area contributed by atoms with E-state index < -0.39 is 0 Å². The van der Waals surface area contributed by atoms with E-state index in [4.69, 9.17) is 9.52 Å². The number of amides is 1. The molecule has 0 bridgehead atoms. The number of hydrogen-bond acceptors (Lipinski definition) is 3. The van der Waals surface area contributed by atoms with Crippen molar-refractivity contribution >= 4 is 11.6 Å². The van der Waals surface area contributed by atoms with E-state index in [9.17, 15) is 4.79 Å². The molecule has 0 spiro atoms. The Morgan fingerprint density at radius 1 is 1.26 bits per heavy atom. The van der Waals surface area contributed by atoms with Gasteiger partial charge in [0.15, 0.2) is 0 Å². The molecule has 4 nitrogen and oxygen atoms in total. The Balaban J connectivity index is 2.08. The van der Waals surface area contributed by atoms with Gasteiger partial charge in [0.05, 0.1) is 5.56 Å². The van der Waals surface area contributed by atoms with Gasteiger partial charge < -0.3 is 14.8 Å². The summed E-state index contributed by atoms with van der Waals surface area (Å²) in [5.74, 6) is 1.16.